The molecule has 0 saturated heterocycles. The summed E-state index contributed by atoms with van der Waals surface area (Å²) in [6, 6.07) is 17.9. The summed E-state index contributed by atoms with van der Waals surface area (Å²) < 4.78 is 1.16. The van der Waals surface area contributed by atoms with E-state index in [4.69, 9.17) is 0 Å². The first-order chi connectivity index (χ1) is 9.22. The fraction of sp³-hybridized carbons (Fsp3) is 0.294. The quantitative estimate of drug-likeness (QED) is 0.829. The van der Waals surface area contributed by atoms with Crippen molar-refractivity contribution in [2.75, 3.05) is 5.32 Å². The first-order valence-corrected chi connectivity index (χ1v) is 7.59. The van der Waals surface area contributed by atoms with E-state index in [1.54, 1.807) is 0 Å². The maximum absolute atomic E-state index is 3.63. The summed E-state index contributed by atoms with van der Waals surface area (Å²) in [6.45, 7) is 2.11. The van der Waals surface area contributed by atoms with Gasteiger partial charge < -0.3 is 5.32 Å². The van der Waals surface area contributed by atoms with Crippen molar-refractivity contribution in [3.63, 3.8) is 0 Å². The Morgan fingerprint density at radius 2 is 1.79 bits per heavy atom. The van der Waals surface area contributed by atoms with Gasteiger partial charge in [-0.25, -0.2) is 0 Å². The summed E-state index contributed by atoms with van der Waals surface area (Å²) in [4.78, 5) is 0. The molecule has 2 aromatic rings. The molecule has 0 spiro atoms. The summed E-state index contributed by atoms with van der Waals surface area (Å²) in [7, 11) is 0. The van der Waals surface area contributed by atoms with E-state index >= 15 is 0 Å². The monoisotopic (exact) mass is 315 g/mol. The average molecular weight is 316 g/mol. The number of rotatable bonds is 3. The van der Waals surface area contributed by atoms with Crippen LogP contribution >= 0.6 is 15.9 Å². The van der Waals surface area contributed by atoms with E-state index in [9.17, 15) is 0 Å². The minimum absolute atomic E-state index is 0.601. The minimum Gasteiger partial charge on any atom is -0.381 e. The number of benzene rings is 2. The van der Waals surface area contributed by atoms with Crippen LogP contribution in [-0.4, -0.2) is 6.04 Å². The van der Waals surface area contributed by atoms with E-state index in [0.29, 0.717) is 6.04 Å². The third-order valence-corrected chi connectivity index (χ3v) is 4.55. The maximum Gasteiger partial charge on any atom is 0.0486 e. The number of aryl methyl sites for hydroxylation is 1. The molecule has 2 aromatic carbocycles. The summed E-state index contributed by atoms with van der Waals surface area (Å²) in [5.74, 6) is 0.725. The van der Waals surface area contributed by atoms with Gasteiger partial charge in [-0.2, -0.15) is 0 Å². The van der Waals surface area contributed by atoms with Crippen molar-refractivity contribution in [2.24, 2.45) is 0 Å². The van der Waals surface area contributed by atoms with Crippen molar-refractivity contribution < 1.29 is 0 Å². The lowest BCUT2D eigenvalue weighted by Gasteiger charge is -2.37. The molecule has 0 bridgehead atoms. The fourth-order valence-electron chi connectivity index (χ4n) is 2.69. The van der Waals surface area contributed by atoms with Crippen molar-refractivity contribution in [1.29, 1.82) is 0 Å². The van der Waals surface area contributed by atoms with Crippen LogP contribution < -0.4 is 5.32 Å². The zero-order valence-electron chi connectivity index (χ0n) is 11.1. The van der Waals surface area contributed by atoms with Crippen LogP contribution in [0.2, 0.25) is 0 Å². The Labute approximate surface area is 123 Å². The van der Waals surface area contributed by atoms with Crippen LogP contribution in [0, 0.1) is 6.92 Å². The zero-order valence-corrected chi connectivity index (χ0v) is 12.7. The minimum atomic E-state index is 0.601. The molecule has 1 aliphatic rings. The number of halogens is 1. The van der Waals surface area contributed by atoms with Crippen molar-refractivity contribution >= 4 is 21.6 Å². The number of hydrogen-bond acceptors (Lipinski definition) is 1. The van der Waals surface area contributed by atoms with E-state index in [2.05, 4.69) is 76.7 Å². The molecule has 3 rings (SSSR count). The summed E-state index contributed by atoms with van der Waals surface area (Å²) in [5.41, 5.74) is 3.97. The van der Waals surface area contributed by atoms with Crippen molar-refractivity contribution in [3.8, 4) is 0 Å². The van der Waals surface area contributed by atoms with Gasteiger partial charge in [0.1, 0.15) is 0 Å². The van der Waals surface area contributed by atoms with Gasteiger partial charge in [-0.15, -0.1) is 0 Å². The highest BCUT2D eigenvalue weighted by Gasteiger charge is 2.30. The molecule has 0 aliphatic heterocycles. The Balaban J connectivity index is 1.60. The second kappa shape index (κ2) is 5.38. The Hall–Kier alpha value is -1.28. The molecule has 1 saturated carbocycles. The molecule has 1 nitrogen and oxygen atoms in total. The summed E-state index contributed by atoms with van der Waals surface area (Å²) in [5, 5.41) is 3.63. The molecule has 19 heavy (non-hydrogen) atoms. The Morgan fingerprint density at radius 1 is 1.05 bits per heavy atom. The van der Waals surface area contributed by atoms with Crippen LogP contribution in [-0.2, 0) is 0 Å². The molecule has 1 aliphatic carbocycles. The molecule has 0 aromatic heterocycles. The van der Waals surface area contributed by atoms with Crippen LogP contribution in [0.5, 0.6) is 0 Å². The molecule has 0 radical (unpaired) electrons. The lowest BCUT2D eigenvalue weighted by atomic mass is 9.76. The third kappa shape index (κ3) is 2.84. The van der Waals surface area contributed by atoms with Gasteiger partial charge in [-0.1, -0.05) is 36.4 Å². The predicted octanol–water partition coefficient (Wildman–Crippen LogP) is 5.12. The van der Waals surface area contributed by atoms with E-state index in [0.717, 1.165) is 10.4 Å². The highest BCUT2D eigenvalue weighted by molar-refractivity contribution is 9.10. The second-order valence-electron chi connectivity index (χ2n) is 5.40. The standard InChI is InChI=1S/C17H18BrN/c1-12-7-8-17(16(18)9-12)19-15-10-14(11-15)13-5-3-2-4-6-13/h2-9,14-15,19H,10-11H2,1H3. The average Bonchev–Trinajstić information content (AvgIpc) is 2.36. The summed E-state index contributed by atoms with van der Waals surface area (Å²) in [6.07, 6.45) is 2.45. The van der Waals surface area contributed by atoms with E-state index in [1.165, 1.54) is 29.7 Å². The molecule has 1 fully saturated rings. The van der Waals surface area contributed by atoms with Crippen molar-refractivity contribution in [2.45, 2.75) is 31.7 Å². The van der Waals surface area contributed by atoms with E-state index < -0.39 is 0 Å². The van der Waals surface area contributed by atoms with Gasteiger partial charge in [0.05, 0.1) is 0 Å². The SMILES string of the molecule is Cc1ccc(NC2CC(c3ccccc3)C2)c(Br)c1. The van der Waals surface area contributed by atoms with Crippen LogP contribution in [0.4, 0.5) is 5.69 Å². The van der Waals surface area contributed by atoms with Gasteiger partial charge in [0, 0.05) is 16.2 Å². The number of hydrogen-bond donors (Lipinski definition) is 1. The number of anilines is 1. The zero-order chi connectivity index (χ0) is 13.2. The smallest absolute Gasteiger partial charge is 0.0486 e. The topological polar surface area (TPSA) is 12.0 Å². The van der Waals surface area contributed by atoms with Gasteiger partial charge in [0.2, 0.25) is 0 Å². The lowest BCUT2D eigenvalue weighted by Crippen LogP contribution is -2.34. The molecule has 0 heterocycles. The van der Waals surface area contributed by atoms with Crippen LogP contribution in [0.3, 0.4) is 0 Å². The molecule has 2 heteroatoms. The molecule has 98 valence electrons. The predicted molar refractivity (Wildman–Crippen MR) is 84.7 cm³/mol. The fourth-order valence-corrected chi connectivity index (χ4v) is 3.30. The summed E-state index contributed by atoms with van der Waals surface area (Å²) >= 11 is 3.63. The van der Waals surface area contributed by atoms with Crippen LogP contribution in [0.25, 0.3) is 0 Å². The molecule has 0 unspecified atom stereocenters. The van der Waals surface area contributed by atoms with Crippen LogP contribution in [0.15, 0.2) is 53.0 Å². The third-order valence-electron chi connectivity index (χ3n) is 3.89. The lowest BCUT2D eigenvalue weighted by molar-refractivity contribution is 0.374. The van der Waals surface area contributed by atoms with Gasteiger partial charge in [-0.3, -0.25) is 0 Å². The second-order valence-corrected chi connectivity index (χ2v) is 6.26. The van der Waals surface area contributed by atoms with Gasteiger partial charge in [-0.05, 0) is 64.9 Å². The molecular weight excluding hydrogens is 298 g/mol. The van der Waals surface area contributed by atoms with Gasteiger partial charge >= 0.3 is 0 Å². The highest BCUT2D eigenvalue weighted by Crippen LogP contribution is 2.39. The largest absolute Gasteiger partial charge is 0.381 e. The molecule has 0 atom stereocenters. The first kappa shape index (κ1) is 12.7. The molecule has 0 amide bonds. The number of nitrogens with one attached hydrogen (secondary N) is 1. The van der Waals surface area contributed by atoms with Crippen molar-refractivity contribution in [1.82, 2.24) is 0 Å². The highest BCUT2D eigenvalue weighted by atomic mass is 79.9. The Morgan fingerprint density at radius 3 is 2.47 bits per heavy atom. The Bertz CT molecular complexity index is 559. The van der Waals surface area contributed by atoms with Gasteiger partial charge in [0.25, 0.3) is 0 Å². The van der Waals surface area contributed by atoms with E-state index in [-0.39, 0.29) is 0 Å². The normalized spacial score (nSPS) is 21.8. The van der Waals surface area contributed by atoms with Gasteiger partial charge in [0.15, 0.2) is 0 Å². The maximum atomic E-state index is 3.63. The Kier molecular flexibility index (Phi) is 3.61. The first-order valence-electron chi connectivity index (χ1n) is 6.80. The molecule has 1 N–H and O–H groups in total. The van der Waals surface area contributed by atoms with Crippen molar-refractivity contribution in [3.05, 3.63) is 64.1 Å². The van der Waals surface area contributed by atoms with E-state index in [1.807, 2.05) is 0 Å². The molecular formula is C17H18BrN. The van der Waals surface area contributed by atoms with Crippen LogP contribution in [0.1, 0.15) is 29.9 Å².